The molecule has 2 aromatic carbocycles. The van der Waals surface area contributed by atoms with E-state index in [4.69, 9.17) is 23.2 Å². The second-order valence-corrected chi connectivity index (χ2v) is 6.65. The van der Waals surface area contributed by atoms with E-state index in [0.717, 1.165) is 11.1 Å². The summed E-state index contributed by atoms with van der Waals surface area (Å²) in [7, 11) is 0. The van der Waals surface area contributed by atoms with Gasteiger partial charge in [0.05, 0.1) is 16.1 Å². The molecule has 0 saturated carbocycles. The third-order valence-electron chi connectivity index (χ3n) is 4.07. The second kappa shape index (κ2) is 8.29. The third-order valence-corrected chi connectivity index (χ3v) is 4.90. The highest BCUT2D eigenvalue weighted by molar-refractivity contribution is 6.42. The van der Waals surface area contributed by atoms with Gasteiger partial charge in [0.15, 0.2) is 0 Å². The zero-order valence-corrected chi connectivity index (χ0v) is 15.5. The van der Waals surface area contributed by atoms with Gasteiger partial charge in [0, 0.05) is 6.42 Å². The van der Waals surface area contributed by atoms with Crippen LogP contribution in [0, 0.1) is 0 Å². The molecule has 0 spiro atoms. The van der Waals surface area contributed by atoms with Crippen LogP contribution in [-0.2, 0) is 11.2 Å². The van der Waals surface area contributed by atoms with Crippen LogP contribution >= 0.6 is 23.2 Å². The van der Waals surface area contributed by atoms with Gasteiger partial charge in [-0.25, -0.2) is 4.68 Å². The van der Waals surface area contributed by atoms with E-state index in [1.807, 2.05) is 43.3 Å². The standard InChI is InChI=1S/C18H17Cl2N5O/c1-12(14-8-5-9-15(19)17(14)20)22-18(26)16(25-11-21-23-24-25)10-13-6-3-2-4-7-13/h2-9,11-12,16H,10H2,1H3,(H,22,26). The Kier molecular flexibility index (Phi) is 5.85. The Bertz CT molecular complexity index is 871. The van der Waals surface area contributed by atoms with E-state index in [1.165, 1.54) is 11.0 Å². The van der Waals surface area contributed by atoms with E-state index in [2.05, 4.69) is 20.8 Å². The van der Waals surface area contributed by atoms with Crippen LogP contribution in [0.15, 0.2) is 54.9 Å². The molecule has 0 bridgehead atoms. The molecule has 6 nitrogen and oxygen atoms in total. The van der Waals surface area contributed by atoms with Gasteiger partial charge in [0.2, 0.25) is 5.91 Å². The maximum Gasteiger partial charge on any atom is 0.245 e. The Labute approximate surface area is 161 Å². The number of benzene rings is 2. The summed E-state index contributed by atoms with van der Waals surface area (Å²) in [6, 6.07) is 14.2. The van der Waals surface area contributed by atoms with Crippen molar-refractivity contribution in [2.75, 3.05) is 0 Å². The fourth-order valence-electron chi connectivity index (χ4n) is 2.70. The lowest BCUT2D eigenvalue weighted by atomic mass is 10.0. The molecule has 26 heavy (non-hydrogen) atoms. The zero-order chi connectivity index (χ0) is 18.5. The summed E-state index contributed by atoms with van der Waals surface area (Å²) in [5.74, 6) is -0.204. The molecule has 3 aromatic rings. The molecule has 0 fully saturated rings. The zero-order valence-electron chi connectivity index (χ0n) is 14.0. The minimum Gasteiger partial charge on any atom is -0.348 e. The highest BCUT2D eigenvalue weighted by atomic mass is 35.5. The van der Waals surface area contributed by atoms with Crippen LogP contribution in [0.2, 0.25) is 10.0 Å². The molecule has 0 aliphatic rings. The molecule has 2 atom stereocenters. The Morgan fingerprint density at radius 2 is 1.92 bits per heavy atom. The predicted octanol–water partition coefficient (Wildman–Crippen LogP) is 3.64. The van der Waals surface area contributed by atoms with Crippen LogP contribution in [-0.4, -0.2) is 26.1 Å². The van der Waals surface area contributed by atoms with Gasteiger partial charge in [0.25, 0.3) is 0 Å². The van der Waals surface area contributed by atoms with E-state index in [0.29, 0.717) is 16.5 Å². The van der Waals surface area contributed by atoms with Crippen LogP contribution in [0.25, 0.3) is 0 Å². The first-order valence-electron chi connectivity index (χ1n) is 8.07. The normalized spacial score (nSPS) is 13.2. The number of aromatic nitrogens is 4. The smallest absolute Gasteiger partial charge is 0.245 e. The summed E-state index contributed by atoms with van der Waals surface area (Å²) in [4.78, 5) is 12.9. The highest BCUT2D eigenvalue weighted by Crippen LogP contribution is 2.30. The molecule has 2 unspecified atom stereocenters. The number of halogens is 2. The SMILES string of the molecule is CC(NC(=O)C(Cc1ccccc1)n1cnnn1)c1cccc(Cl)c1Cl. The summed E-state index contributed by atoms with van der Waals surface area (Å²) < 4.78 is 1.45. The van der Waals surface area contributed by atoms with E-state index >= 15 is 0 Å². The molecule has 134 valence electrons. The van der Waals surface area contributed by atoms with Gasteiger partial charge in [-0.1, -0.05) is 65.7 Å². The maximum atomic E-state index is 12.9. The molecule has 3 rings (SSSR count). The van der Waals surface area contributed by atoms with Crippen LogP contribution in [0.5, 0.6) is 0 Å². The van der Waals surface area contributed by atoms with E-state index in [1.54, 1.807) is 12.1 Å². The number of amides is 1. The highest BCUT2D eigenvalue weighted by Gasteiger charge is 2.24. The van der Waals surface area contributed by atoms with Crippen LogP contribution in [0.1, 0.15) is 30.1 Å². The molecule has 1 N–H and O–H groups in total. The second-order valence-electron chi connectivity index (χ2n) is 5.87. The van der Waals surface area contributed by atoms with E-state index < -0.39 is 6.04 Å². The summed E-state index contributed by atoms with van der Waals surface area (Å²) in [5, 5.41) is 15.0. The van der Waals surface area contributed by atoms with Gasteiger partial charge >= 0.3 is 0 Å². The molecule has 1 amide bonds. The van der Waals surface area contributed by atoms with E-state index in [9.17, 15) is 4.79 Å². The number of nitrogens with one attached hydrogen (secondary N) is 1. The van der Waals surface area contributed by atoms with Gasteiger partial charge in [-0.2, -0.15) is 0 Å². The van der Waals surface area contributed by atoms with Crippen molar-refractivity contribution in [2.45, 2.75) is 25.4 Å². The summed E-state index contributed by atoms with van der Waals surface area (Å²) in [6.45, 7) is 1.86. The Morgan fingerprint density at radius 3 is 2.62 bits per heavy atom. The van der Waals surface area contributed by atoms with Crippen molar-refractivity contribution >= 4 is 29.1 Å². The fourth-order valence-corrected chi connectivity index (χ4v) is 3.17. The average Bonchev–Trinajstić information content (AvgIpc) is 3.17. The lowest BCUT2D eigenvalue weighted by Gasteiger charge is -2.21. The predicted molar refractivity (Wildman–Crippen MR) is 100 cm³/mol. The topological polar surface area (TPSA) is 72.7 Å². The molecule has 0 saturated heterocycles. The van der Waals surface area contributed by atoms with Gasteiger partial charge in [-0.15, -0.1) is 5.10 Å². The number of carbonyl (C=O) groups excluding carboxylic acids is 1. The van der Waals surface area contributed by atoms with Crippen molar-refractivity contribution in [3.63, 3.8) is 0 Å². The minimum absolute atomic E-state index is 0.204. The summed E-state index contributed by atoms with van der Waals surface area (Å²) in [6.07, 6.45) is 1.90. The summed E-state index contributed by atoms with van der Waals surface area (Å²) >= 11 is 12.3. The molecule has 1 heterocycles. The number of hydrogen-bond acceptors (Lipinski definition) is 4. The monoisotopic (exact) mass is 389 g/mol. The molecule has 8 heteroatoms. The maximum absolute atomic E-state index is 12.9. The van der Waals surface area contributed by atoms with Crippen LogP contribution < -0.4 is 5.32 Å². The lowest BCUT2D eigenvalue weighted by Crippen LogP contribution is -2.36. The van der Waals surface area contributed by atoms with Gasteiger partial charge in [0.1, 0.15) is 12.4 Å². The Hall–Kier alpha value is -2.44. The van der Waals surface area contributed by atoms with E-state index in [-0.39, 0.29) is 11.9 Å². The van der Waals surface area contributed by atoms with Gasteiger partial charge in [-0.3, -0.25) is 4.79 Å². The number of hydrogen-bond donors (Lipinski definition) is 1. The van der Waals surface area contributed by atoms with Crippen LogP contribution in [0.3, 0.4) is 0 Å². The molecule has 0 radical (unpaired) electrons. The first kappa shape index (κ1) is 18.4. The summed E-state index contributed by atoms with van der Waals surface area (Å²) in [5.41, 5.74) is 1.76. The van der Waals surface area contributed by atoms with Crippen molar-refractivity contribution in [1.29, 1.82) is 0 Å². The molecular formula is C18H17Cl2N5O. The first-order chi connectivity index (χ1) is 12.6. The Balaban J connectivity index is 1.80. The van der Waals surface area contributed by atoms with Crippen LogP contribution in [0.4, 0.5) is 0 Å². The average molecular weight is 390 g/mol. The van der Waals surface area contributed by atoms with Crippen molar-refractivity contribution in [1.82, 2.24) is 25.5 Å². The third kappa shape index (κ3) is 4.20. The van der Waals surface area contributed by atoms with Crippen molar-refractivity contribution in [3.05, 3.63) is 76.0 Å². The van der Waals surface area contributed by atoms with Gasteiger partial charge < -0.3 is 5.32 Å². The fraction of sp³-hybridized carbons (Fsp3) is 0.222. The molecule has 1 aromatic heterocycles. The largest absolute Gasteiger partial charge is 0.348 e. The van der Waals surface area contributed by atoms with Crippen molar-refractivity contribution in [3.8, 4) is 0 Å². The number of tetrazole rings is 1. The number of nitrogens with zero attached hydrogens (tertiary/aromatic N) is 4. The lowest BCUT2D eigenvalue weighted by molar-refractivity contribution is -0.125. The minimum atomic E-state index is -0.576. The molecule has 0 aliphatic heterocycles. The molecular weight excluding hydrogens is 373 g/mol. The van der Waals surface area contributed by atoms with Gasteiger partial charge in [-0.05, 0) is 34.5 Å². The first-order valence-corrected chi connectivity index (χ1v) is 8.82. The number of carbonyl (C=O) groups is 1. The van der Waals surface area contributed by atoms with Crippen molar-refractivity contribution in [2.24, 2.45) is 0 Å². The quantitative estimate of drug-likeness (QED) is 0.698. The van der Waals surface area contributed by atoms with Crippen molar-refractivity contribution < 1.29 is 4.79 Å². The molecule has 0 aliphatic carbocycles. The Morgan fingerprint density at radius 1 is 1.15 bits per heavy atom. The number of rotatable bonds is 6.